The molecule has 0 atom stereocenters. The van der Waals surface area contributed by atoms with E-state index in [1.807, 2.05) is 30.3 Å². The third-order valence-corrected chi connectivity index (χ3v) is 3.09. The molecular weight excluding hydrogens is 298 g/mol. The summed E-state index contributed by atoms with van der Waals surface area (Å²) in [5, 5.41) is 0. The lowest BCUT2D eigenvalue weighted by Gasteiger charge is -2.06. The molecule has 1 aromatic heterocycles. The van der Waals surface area contributed by atoms with Crippen molar-refractivity contribution in [3.05, 3.63) is 56.8 Å². The van der Waals surface area contributed by atoms with Gasteiger partial charge in [0, 0.05) is 4.47 Å². The summed E-state index contributed by atoms with van der Waals surface area (Å²) in [5.74, 6) is -0.656. The van der Waals surface area contributed by atoms with Crippen LogP contribution < -0.4 is 5.56 Å². The molecule has 0 spiro atoms. The molecular formula is C13H10BrNO3. The average Bonchev–Trinajstić information content (AvgIpc) is 2.41. The lowest BCUT2D eigenvalue weighted by molar-refractivity contribution is 0.0598. The van der Waals surface area contributed by atoms with Crippen molar-refractivity contribution >= 4 is 21.9 Å². The van der Waals surface area contributed by atoms with Crippen LogP contribution in [0.5, 0.6) is 0 Å². The second kappa shape index (κ2) is 5.18. The molecule has 0 saturated carbocycles. The molecule has 4 nitrogen and oxygen atoms in total. The Bertz CT molecular complexity index is 634. The number of aromatic amines is 1. The van der Waals surface area contributed by atoms with Gasteiger partial charge in [-0.2, -0.15) is 0 Å². The van der Waals surface area contributed by atoms with Crippen LogP contribution in [0.3, 0.4) is 0 Å². The number of hydrogen-bond donors (Lipinski definition) is 1. The molecule has 1 heterocycles. The van der Waals surface area contributed by atoms with Crippen LogP contribution >= 0.6 is 15.9 Å². The molecule has 18 heavy (non-hydrogen) atoms. The Hall–Kier alpha value is -1.88. The van der Waals surface area contributed by atoms with Gasteiger partial charge in [0.25, 0.3) is 5.56 Å². The molecule has 5 heteroatoms. The zero-order chi connectivity index (χ0) is 13.1. The van der Waals surface area contributed by atoms with Crippen molar-refractivity contribution < 1.29 is 9.53 Å². The van der Waals surface area contributed by atoms with Gasteiger partial charge in [0.05, 0.1) is 12.8 Å². The predicted molar refractivity (Wildman–Crippen MR) is 71.5 cm³/mol. The number of halogens is 1. The molecule has 0 unspecified atom stereocenters. The van der Waals surface area contributed by atoms with E-state index in [2.05, 4.69) is 25.7 Å². The standard InChI is InChI=1S/C13H10BrNO3/c1-18-13(17)9-7-10(14)11(15-12(9)16)8-5-3-2-4-6-8/h2-7H,1H3,(H,15,16). The Balaban J connectivity index is 2.57. The van der Waals surface area contributed by atoms with E-state index in [0.29, 0.717) is 10.2 Å². The summed E-state index contributed by atoms with van der Waals surface area (Å²) < 4.78 is 5.17. The van der Waals surface area contributed by atoms with Crippen molar-refractivity contribution in [1.82, 2.24) is 4.98 Å². The predicted octanol–water partition coefficient (Wildman–Crippen LogP) is 2.59. The minimum absolute atomic E-state index is 0.0240. The fourth-order valence-electron chi connectivity index (χ4n) is 1.58. The largest absolute Gasteiger partial charge is 0.465 e. The van der Waals surface area contributed by atoms with Gasteiger partial charge in [-0.1, -0.05) is 30.3 Å². The summed E-state index contributed by atoms with van der Waals surface area (Å²) in [6.07, 6.45) is 0. The fourth-order valence-corrected chi connectivity index (χ4v) is 2.14. The van der Waals surface area contributed by atoms with Crippen molar-refractivity contribution in [1.29, 1.82) is 0 Å². The SMILES string of the molecule is COC(=O)c1cc(Br)c(-c2ccccc2)[nH]c1=O. The summed E-state index contributed by atoms with van der Waals surface area (Å²) in [5.41, 5.74) is 0.999. The third kappa shape index (κ3) is 2.36. The van der Waals surface area contributed by atoms with Gasteiger partial charge in [0.1, 0.15) is 5.56 Å². The van der Waals surface area contributed by atoms with E-state index in [1.54, 1.807) is 0 Å². The fraction of sp³-hybridized carbons (Fsp3) is 0.0769. The Morgan fingerprint density at radius 1 is 1.28 bits per heavy atom. The first-order valence-corrected chi connectivity index (χ1v) is 5.99. The maximum Gasteiger partial charge on any atom is 0.343 e. The monoisotopic (exact) mass is 307 g/mol. The quantitative estimate of drug-likeness (QED) is 0.868. The number of pyridine rings is 1. The van der Waals surface area contributed by atoms with Gasteiger partial charge in [-0.25, -0.2) is 4.79 Å². The highest BCUT2D eigenvalue weighted by molar-refractivity contribution is 9.10. The normalized spacial score (nSPS) is 10.1. The van der Waals surface area contributed by atoms with Gasteiger partial charge in [0.2, 0.25) is 0 Å². The summed E-state index contributed by atoms with van der Waals surface area (Å²) in [7, 11) is 1.24. The molecule has 1 N–H and O–H groups in total. The summed E-state index contributed by atoms with van der Waals surface area (Å²) in [6.45, 7) is 0. The van der Waals surface area contributed by atoms with Gasteiger partial charge in [-0.3, -0.25) is 4.79 Å². The molecule has 0 amide bonds. The highest BCUT2D eigenvalue weighted by Gasteiger charge is 2.14. The van der Waals surface area contributed by atoms with Crippen molar-refractivity contribution in [3.63, 3.8) is 0 Å². The molecule has 0 radical (unpaired) electrons. The van der Waals surface area contributed by atoms with E-state index in [1.165, 1.54) is 13.2 Å². The Morgan fingerprint density at radius 2 is 1.94 bits per heavy atom. The highest BCUT2D eigenvalue weighted by atomic mass is 79.9. The van der Waals surface area contributed by atoms with Crippen LogP contribution in [-0.4, -0.2) is 18.1 Å². The van der Waals surface area contributed by atoms with Gasteiger partial charge < -0.3 is 9.72 Å². The average molecular weight is 308 g/mol. The molecule has 92 valence electrons. The lowest BCUT2D eigenvalue weighted by atomic mass is 10.1. The topological polar surface area (TPSA) is 59.2 Å². The zero-order valence-corrected chi connectivity index (χ0v) is 11.2. The zero-order valence-electron chi connectivity index (χ0n) is 9.57. The van der Waals surface area contributed by atoms with E-state index in [9.17, 15) is 9.59 Å². The molecule has 0 bridgehead atoms. The van der Waals surface area contributed by atoms with Crippen LogP contribution in [0.4, 0.5) is 0 Å². The van der Waals surface area contributed by atoms with E-state index >= 15 is 0 Å². The van der Waals surface area contributed by atoms with Gasteiger partial charge in [0.15, 0.2) is 0 Å². The number of hydrogen-bond acceptors (Lipinski definition) is 3. The van der Waals surface area contributed by atoms with Crippen LogP contribution in [0.15, 0.2) is 45.7 Å². The van der Waals surface area contributed by atoms with Gasteiger partial charge in [-0.05, 0) is 27.6 Å². The molecule has 2 rings (SSSR count). The molecule has 1 aromatic carbocycles. The number of carbonyl (C=O) groups is 1. The smallest absolute Gasteiger partial charge is 0.343 e. The molecule has 0 saturated heterocycles. The first-order valence-electron chi connectivity index (χ1n) is 5.20. The first-order chi connectivity index (χ1) is 8.63. The van der Waals surface area contributed by atoms with Crippen LogP contribution in [0.25, 0.3) is 11.3 Å². The number of nitrogens with one attached hydrogen (secondary N) is 1. The van der Waals surface area contributed by atoms with Crippen molar-refractivity contribution in [2.45, 2.75) is 0 Å². The van der Waals surface area contributed by atoms with Crippen molar-refractivity contribution in [3.8, 4) is 11.3 Å². The molecule has 0 aliphatic carbocycles. The Kier molecular flexibility index (Phi) is 3.62. The van der Waals surface area contributed by atoms with Crippen molar-refractivity contribution in [2.75, 3.05) is 7.11 Å². The molecule has 0 aliphatic heterocycles. The number of ether oxygens (including phenoxy) is 1. The van der Waals surface area contributed by atoms with Crippen LogP contribution in [0.2, 0.25) is 0 Å². The molecule has 0 aliphatic rings. The van der Waals surface area contributed by atoms with Crippen LogP contribution in [-0.2, 0) is 4.74 Å². The highest BCUT2D eigenvalue weighted by Crippen LogP contribution is 2.25. The maximum atomic E-state index is 11.8. The summed E-state index contributed by atoms with van der Waals surface area (Å²) >= 11 is 3.34. The number of methoxy groups -OCH3 is 1. The number of esters is 1. The molecule has 0 fully saturated rings. The number of H-pyrrole nitrogens is 1. The van der Waals surface area contributed by atoms with Gasteiger partial charge >= 0.3 is 5.97 Å². The van der Waals surface area contributed by atoms with E-state index < -0.39 is 11.5 Å². The number of rotatable bonds is 2. The van der Waals surface area contributed by atoms with E-state index in [0.717, 1.165) is 5.56 Å². The van der Waals surface area contributed by atoms with E-state index in [-0.39, 0.29) is 5.56 Å². The maximum absolute atomic E-state index is 11.8. The third-order valence-electron chi connectivity index (χ3n) is 2.46. The summed E-state index contributed by atoms with van der Waals surface area (Å²) in [6, 6.07) is 10.8. The minimum atomic E-state index is -0.656. The second-order valence-electron chi connectivity index (χ2n) is 3.59. The minimum Gasteiger partial charge on any atom is -0.465 e. The first kappa shape index (κ1) is 12.6. The number of carbonyl (C=O) groups excluding carboxylic acids is 1. The lowest BCUT2D eigenvalue weighted by Crippen LogP contribution is -2.19. The number of benzene rings is 1. The van der Waals surface area contributed by atoms with Gasteiger partial charge in [-0.15, -0.1) is 0 Å². The number of aromatic nitrogens is 1. The Morgan fingerprint density at radius 3 is 2.56 bits per heavy atom. The van der Waals surface area contributed by atoms with Crippen LogP contribution in [0, 0.1) is 0 Å². The van der Waals surface area contributed by atoms with E-state index in [4.69, 9.17) is 0 Å². The second-order valence-corrected chi connectivity index (χ2v) is 4.45. The molecule has 2 aromatic rings. The Labute approximate surface area is 112 Å². The van der Waals surface area contributed by atoms with Crippen molar-refractivity contribution in [2.24, 2.45) is 0 Å². The summed E-state index contributed by atoms with van der Waals surface area (Å²) in [4.78, 5) is 25.8. The van der Waals surface area contributed by atoms with Crippen LogP contribution in [0.1, 0.15) is 10.4 Å².